The number of aryl methyl sites for hydroxylation is 1. The van der Waals surface area contributed by atoms with E-state index in [0.717, 1.165) is 17.8 Å². The van der Waals surface area contributed by atoms with Crippen LogP contribution in [0.2, 0.25) is 0 Å². The van der Waals surface area contributed by atoms with Gasteiger partial charge >= 0.3 is 0 Å². The lowest BCUT2D eigenvalue weighted by atomic mass is 9.86. The first-order valence-corrected chi connectivity index (χ1v) is 6.45. The van der Waals surface area contributed by atoms with Crippen LogP contribution in [0.3, 0.4) is 0 Å². The van der Waals surface area contributed by atoms with Crippen molar-refractivity contribution < 1.29 is 4.92 Å². The van der Waals surface area contributed by atoms with Gasteiger partial charge < -0.3 is 5.32 Å². The average molecular weight is 249 g/mol. The summed E-state index contributed by atoms with van der Waals surface area (Å²) in [6.07, 6.45) is 6.26. The van der Waals surface area contributed by atoms with Gasteiger partial charge in [0.25, 0.3) is 5.69 Å². The zero-order valence-electron chi connectivity index (χ0n) is 10.8. The fourth-order valence-electron chi connectivity index (χ4n) is 2.52. The predicted octanol–water partition coefficient (Wildman–Crippen LogP) is 3.29. The highest BCUT2D eigenvalue weighted by molar-refractivity contribution is 5.48. The van der Waals surface area contributed by atoms with Crippen molar-refractivity contribution in [3.05, 3.63) is 27.9 Å². The average Bonchev–Trinajstić information content (AvgIpc) is 2.34. The summed E-state index contributed by atoms with van der Waals surface area (Å²) >= 11 is 0. The van der Waals surface area contributed by atoms with Crippen LogP contribution in [0.4, 0.5) is 11.5 Å². The number of nitrogens with zero attached hydrogens (tertiary/aromatic N) is 2. The monoisotopic (exact) mass is 249 g/mol. The van der Waals surface area contributed by atoms with Gasteiger partial charge in [0.05, 0.1) is 4.92 Å². The van der Waals surface area contributed by atoms with Gasteiger partial charge in [-0.25, -0.2) is 4.98 Å². The Morgan fingerprint density at radius 2 is 2.17 bits per heavy atom. The zero-order chi connectivity index (χ0) is 13.1. The molecule has 0 radical (unpaired) electrons. The number of anilines is 1. The van der Waals surface area contributed by atoms with Crippen molar-refractivity contribution in [2.24, 2.45) is 5.92 Å². The molecule has 1 fully saturated rings. The topological polar surface area (TPSA) is 68.1 Å². The summed E-state index contributed by atoms with van der Waals surface area (Å²) in [5.41, 5.74) is 0.886. The Bertz CT molecular complexity index is 448. The molecular weight excluding hydrogens is 230 g/mol. The molecule has 98 valence electrons. The number of nitro groups is 1. The summed E-state index contributed by atoms with van der Waals surface area (Å²) in [4.78, 5) is 14.4. The van der Waals surface area contributed by atoms with Gasteiger partial charge in [0.15, 0.2) is 0 Å². The molecule has 2 atom stereocenters. The number of hydrogen-bond acceptors (Lipinski definition) is 4. The molecule has 0 bridgehead atoms. The van der Waals surface area contributed by atoms with Crippen LogP contribution < -0.4 is 5.32 Å². The van der Waals surface area contributed by atoms with Crippen molar-refractivity contribution in [2.75, 3.05) is 5.32 Å². The van der Waals surface area contributed by atoms with E-state index < -0.39 is 4.92 Å². The van der Waals surface area contributed by atoms with Crippen LogP contribution in [-0.2, 0) is 0 Å². The van der Waals surface area contributed by atoms with E-state index in [1.807, 2.05) is 6.92 Å². The molecule has 2 unspecified atom stereocenters. The lowest BCUT2D eigenvalue weighted by molar-refractivity contribution is -0.385. The minimum absolute atomic E-state index is 0.0507. The molecule has 0 aliphatic heterocycles. The maximum Gasteiger partial charge on any atom is 0.287 e. The van der Waals surface area contributed by atoms with Gasteiger partial charge in [0, 0.05) is 12.1 Å². The smallest absolute Gasteiger partial charge is 0.287 e. The lowest BCUT2D eigenvalue weighted by Gasteiger charge is -2.30. The number of rotatable bonds is 3. The molecule has 1 heterocycles. The van der Waals surface area contributed by atoms with Gasteiger partial charge in [-0.05, 0) is 31.2 Å². The molecule has 5 heteroatoms. The molecule has 18 heavy (non-hydrogen) atoms. The molecular formula is C13H19N3O2. The second-order valence-corrected chi connectivity index (χ2v) is 5.13. The molecule has 1 aromatic rings. The van der Waals surface area contributed by atoms with Crippen LogP contribution in [0.1, 0.15) is 38.2 Å². The maximum absolute atomic E-state index is 10.7. The number of nitrogens with one attached hydrogen (secondary N) is 1. The fraction of sp³-hybridized carbons (Fsp3) is 0.615. The van der Waals surface area contributed by atoms with Crippen LogP contribution in [0.25, 0.3) is 0 Å². The standard InChI is InChI=1S/C13H19N3O2/c1-9-5-3-4-6-12(9)15-13-10(2)7-11(8-14-13)16(17)18/h7-9,12H,3-6H2,1-2H3,(H,14,15). The van der Waals surface area contributed by atoms with E-state index in [1.165, 1.54) is 25.5 Å². The van der Waals surface area contributed by atoms with Gasteiger partial charge in [-0.1, -0.05) is 19.8 Å². The molecule has 0 amide bonds. The third-order valence-corrected chi connectivity index (χ3v) is 3.71. The van der Waals surface area contributed by atoms with Crippen LogP contribution in [0, 0.1) is 23.0 Å². The number of aromatic nitrogens is 1. The molecule has 5 nitrogen and oxygen atoms in total. The zero-order valence-corrected chi connectivity index (χ0v) is 10.8. The normalized spacial score (nSPS) is 23.7. The van der Waals surface area contributed by atoms with Gasteiger partial charge in [-0.15, -0.1) is 0 Å². The van der Waals surface area contributed by atoms with Gasteiger partial charge in [0.2, 0.25) is 0 Å². The molecule has 0 spiro atoms. The first kappa shape index (κ1) is 12.8. The summed E-state index contributed by atoms with van der Waals surface area (Å²) in [6, 6.07) is 2.01. The van der Waals surface area contributed by atoms with Crippen molar-refractivity contribution >= 4 is 11.5 Å². The minimum Gasteiger partial charge on any atom is -0.367 e. The van der Waals surface area contributed by atoms with E-state index in [9.17, 15) is 10.1 Å². The Hall–Kier alpha value is -1.65. The summed E-state index contributed by atoms with van der Waals surface area (Å²) in [6.45, 7) is 4.10. The summed E-state index contributed by atoms with van der Waals surface area (Å²) < 4.78 is 0. The Morgan fingerprint density at radius 1 is 1.44 bits per heavy atom. The van der Waals surface area contributed by atoms with Crippen molar-refractivity contribution in [1.29, 1.82) is 0 Å². The third kappa shape index (κ3) is 2.78. The van der Waals surface area contributed by atoms with E-state index in [-0.39, 0.29) is 5.69 Å². The largest absolute Gasteiger partial charge is 0.367 e. The van der Waals surface area contributed by atoms with Crippen molar-refractivity contribution in [1.82, 2.24) is 4.98 Å². The molecule has 0 saturated heterocycles. The first-order valence-electron chi connectivity index (χ1n) is 6.45. The minimum atomic E-state index is -0.410. The van der Waals surface area contributed by atoms with Crippen LogP contribution in [-0.4, -0.2) is 15.9 Å². The van der Waals surface area contributed by atoms with Crippen LogP contribution in [0.15, 0.2) is 12.3 Å². The summed E-state index contributed by atoms with van der Waals surface area (Å²) in [5.74, 6) is 1.41. The van der Waals surface area contributed by atoms with E-state index in [1.54, 1.807) is 6.07 Å². The second-order valence-electron chi connectivity index (χ2n) is 5.13. The molecule has 1 saturated carbocycles. The molecule has 1 aliphatic rings. The molecule has 2 rings (SSSR count). The Balaban J connectivity index is 2.11. The first-order chi connectivity index (χ1) is 8.58. The molecule has 1 aliphatic carbocycles. The summed E-state index contributed by atoms with van der Waals surface area (Å²) in [5, 5.41) is 14.1. The quantitative estimate of drug-likeness (QED) is 0.659. The maximum atomic E-state index is 10.7. The van der Waals surface area contributed by atoms with Gasteiger partial charge in [-0.3, -0.25) is 10.1 Å². The number of hydrogen-bond donors (Lipinski definition) is 1. The molecule has 1 aromatic heterocycles. The second kappa shape index (κ2) is 5.33. The summed E-state index contributed by atoms with van der Waals surface area (Å²) in [7, 11) is 0. The fourth-order valence-corrected chi connectivity index (χ4v) is 2.52. The Kier molecular flexibility index (Phi) is 3.79. The van der Waals surface area contributed by atoms with E-state index in [4.69, 9.17) is 0 Å². The lowest BCUT2D eigenvalue weighted by Crippen LogP contribution is -2.30. The van der Waals surface area contributed by atoms with Crippen LogP contribution in [0.5, 0.6) is 0 Å². The van der Waals surface area contributed by atoms with Gasteiger partial charge in [0.1, 0.15) is 12.0 Å². The Labute approximate surface area is 107 Å². The van der Waals surface area contributed by atoms with Crippen LogP contribution >= 0.6 is 0 Å². The van der Waals surface area contributed by atoms with E-state index in [2.05, 4.69) is 17.2 Å². The predicted molar refractivity (Wildman–Crippen MR) is 70.7 cm³/mol. The molecule has 1 N–H and O–H groups in total. The SMILES string of the molecule is Cc1cc([N+](=O)[O-])cnc1NC1CCCCC1C. The highest BCUT2D eigenvalue weighted by Gasteiger charge is 2.22. The highest BCUT2D eigenvalue weighted by Crippen LogP contribution is 2.27. The van der Waals surface area contributed by atoms with Crippen molar-refractivity contribution in [3.63, 3.8) is 0 Å². The van der Waals surface area contributed by atoms with E-state index >= 15 is 0 Å². The third-order valence-electron chi connectivity index (χ3n) is 3.71. The molecule has 0 aromatic carbocycles. The van der Waals surface area contributed by atoms with Crippen molar-refractivity contribution in [2.45, 2.75) is 45.6 Å². The number of pyridine rings is 1. The Morgan fingerprint density at radius 3 is 2.78 bits per heavy atom. The van der Waals surface area contributed by atoms with E-state index in [0.29, 0.717) is 12.0 Å². The highest BCUT2D eigenvalue weighted by atomic mass is 16.6. The van der Waals surface area contributed by atoms with Gasteiger partial charge in [-0.2, -0.15) is 0 Å². The van der Waals surface area contributed by atoms with Crippen molar-refractivity contribution in [3.8, 4) is 0 Å².